The van der Waals surface area contributed by atoms with Gasteiger partial charge in [-0.25, -0.2) is 4.98 Å². The molecular weight excluding hydrogens is 254 g/mol. The molecule has 98 valence electrons. The Balaban J connectivity index is 2.09. The largest absolute Gasteiger partial charge is 0.294 e. The number of nitrogens with zero attached hydrogens (tertiary/aromatic N) is 2. The number of fused-ring (bicyclic) bond motifs is 3. The van der Waals surface area contributed by atoms with Crippen molar-refractivity contribution in [2.45, 2.75) is 0 Å². The third-order valence-corrected chi connectivity index (χ3v) is 4.04. The molecular formula is C17H14B2N2. The molecule has 0 saturated carbocycles. The van der Waals surface area contributed by atoms with Crippen LogP contribution in [0.25, 0.3) is 27.6 Å². The van der Waals surface area contributed by atoms with Gasteiger partial charge in [-0.2, -0.15) is 0 Å². The minimum absolute atomic E-state index is 1.02. The fraction of sp³-hybridized carbons (Fsp3) is 0. The van der Waals surface area contributed by atoms with E-state index in [2.05, 4.69) is 71.9 Å². The molecule has 4 heteroatoms. The fourth-order valence-corrected chi connectivity index (χ4v) is 2.94. The van der Waals surface area contributed by atoms with Crippen molar-refractivity contribution in [2.24, 2.45) is 0 Å². The molecule has 2 aromatic carbocycles. The van der Waals surface area contributed by atoms with Gasteiger partial charge in [-0.1, -0.05) is 35.8 Å². The second kappa shape index (κ2) is 4.81. The Hall–Kier alpha value is -2.48. The lowest BCUT2D eigenvalue weighted by atomic mass is 9.51. The molecule has 0 unspecified atom stereocenters. The molecule has 0 radical (unpaired) electrons. The van der Waals surface area contributed by atoms with Crippen molar-refractivity contribution in [2.75, 3.05) is 0 Å². The maximum Gasteiger partial charge on any atom is 0.145 e. The van der Waals surface area contributed by atoms with Gasteiger partial charge in [0.1, 0.15) is 12.8 Å². The van der Waals surface area contributed by atoms with Crippen molar-refractivity contribution >= 4 is 42.3 Å². The van der Waals surface area contributed by atoms with Crippen LogP contribution in [0.2, 0.25) is 0 Å². The zero-order chi connectivity index (χ0) is 14.2. The van der Waals surface area contributed by atoms with Gasteiger partial charge in [0.05, 0.1) is 13.3 Å². The van der Waals surface area contributed by atoms with Gasteiger partial charge in [0.2, 0.25) is 0 Å². The highest BCUT2D eigenvalue weighted by molar-refractivity contribution is 6.97. The molecule has 0 amide bonds. The first-order chi connectivity index (χ1) is 10.4. The number of aromatic nitrogens is 2. The number of rotatable bonds is 2. The van der Waals surface area contributed by atoms with Gasteiger partial charge in [0.25, 0.3) is 0 Å². The molecule has 0 saturated heterocycles. The van der Waals surface area contributed by atoms with Gasteiger partial charge < -0.3 is 0 Å². The Bertz CT molecular complexity index is 873. The molecule has 4 rings (SSSR count). The summed E-state index contributed by atoms with van der Waals surface area (Å²) in [7, 11) is 3.24. The summed E-state index contributed by atoms with van der Waals surface area (Å²) in [4.78, 5) is 4.60. The Labute approximate surface area is 125 Å². The van der Waals surface area contributed by atoms with Crippen molar-refractivity contribution in [1.82, 2.24) is 9.55 Å². The number of hydrogen-bond donors (Lipinski definition) is 0. The third kappa shape index (κ3) is 1.87. The molecule has 21 heavy (non-hydrogen) atoms. The summed E-state index contributed by atoms with van der Waals surface area (Å²) in [6.07, 6.45) is 1.86. The van der Waals surface area contributed by atoms with E-state index in [1.165, 1.54) is 21.8 Å². The Morgan fingerprint density at radius 1 is 0.857 bits per heavy atom. The molecule has 4 aromatic rings. The molecule has 0 atom stereocenters. The van der Waals surface area contributed by atoms with E-state index >= 15 is 0 Å². The first-order valence-corrected chi connectivity index (χ1v) is 7.32. The predicted molar refractivity (Wildman–Crippen MR) is 93.9 cm³/mol. The maximum absolute atomic E-state index is 4.60. The van der Waals surface area contributed by atoms with Crippen LogP contribution in [0.5, 0.6) is 0 Å². The summed E-state index contributed by atoms with van der Waals surface area (Å²) in [5, 5.41) is 2.45. The number of para-hydroxylation sites is 1. The van der Waals surface area contributed by atoms with E-state index in [0.717, 1.165) is 18.5 Å². The summed E-state index contributed by atoms with van der Waals surface area (Å²) in [5.74, 6) is 0. The van der Waals surface area contributed by atoms with Gasteiger partial charge in [-0.15, -0.1) is 0 Å². The Morgan fingerprint density at radius 2 is 1.62 bits per heavy atom. The normalized spacial score (nSPS) is 11.0. The highest BCUT2D eigenvalue weighted by atomic mass is 15.0. The average molecular weight is 268 g/mol. The second-order valence-electron chi connectivity index (χ2n) is 5.25. The molecule has 0 bridgehead atoms. The minimum atomic E-state index is 1.02. The van der Waals surface area contributed by atoms with E-state index in [1.54, 1.807) is 0 Å². The Kier molecular flexibility index (Phi) is 2.81. The first kappa shape index (κ1) is 12.3. The Morgan fingerprint density at radius 3 is 2.43 bits per heavy atom. The average Bonchev–Trinajstić information content (AvgIpc) is 2.90. The van der Waals surface area contributed by atoms with Crippen molar-refractivity contribution in [3.05, 3.63) is 66.9 Å². The summed E-state index contributed by atoms with van der Waals surface area (Å²) in [6.45, 7) is 0. The molecule has 0 aliphatic rings. The van der Waals surface area contributed by atoms with E-state index in [1.807, 2.05) is 12.3 Å². The molecule has 2 aromatic heterocycles. The topological polar surface area (TPSA) is 17.8 Å². The molecule has 0 fully saturated rings. The van der Waals surface area contributed by atoms with Crippen LogP contribution < -0.4 is 5.46 Å². The lowest BCUT2D eigenvalue weighted by molar-refractivity contribution is 1.14. The quantitative estimate of drug-likeness (QED) is 0.507. The van der Waals surface area contributed by atoms with Crippen molar-refractivity contribution in [1.29, 1.82) is 0 Å². The van der Waals surface area contributed by atoms with E-state index in [4.69, 9.17) is 0 Å². The van der Waals surface area contributed by atoms with Crippen LogP contribution in [0.4, 0.5) is 0 Å². The molecule has 0 aliphatic heterocycles. The van der Waals surface area contributed by atoms with Gasteiger partial charge in [-0.05, 0) is 30.3 Å². The number of hydrogen-bond acceptors (Lipinski definition) is 1. The van der Waals surface area contributed by atoms with Crippen LogP contribution in [0.3, 0.4) is 0 Å². The van der Waals surface area contributed by atoms with Crippen LogP contribution in [-0.4, -0.2) is 24.5 Å². The molecule has 0 N–H and O–H groups in total. The summed E-state index contributed by atoms with van der Waals surface area (Å²) < 4.78 is 2.24. The zero-order valence-corrected chi connectivity index (χ0v) is 12.0. The monoisotopic (exact) mass is 268 g/mol. The molecule has 0 aliphatic carbocycles. The van der Waals surface area contributed by atoms with E-state index in [0.29, 0.717) is 0 Å². The van der Waals surface area contributed by atoms with Crippen LogP contribution in [0.15, 0.2) is 66.9 Å². The number of pyridine rings is 1. The van der Waals surface area contributed by atoms with Crippen LogP contribution in [0.1, 0.15) is 0 Å². The van der Waals surface area contributed by atoms with E-state index in [-0.39, 0.29) is 0 Å². The van der Waals surface area contributed by atoms with Crippen molar-refractivity contribution < 1.29 is 0 Å². The summed E-state index contributed by atoms with van der Waals surface area (Å²) in [6, 6.07) is 21.4. The van der Waals surface area contributed by atoms with Gasteiger partial charge >= 0.3 is 0 Å². The predicted octanol–water partition coefficient (Wildman–Crippen LogP) is 1.79. The lowest BCUT2D eigenvalue weighted by Gasteiger charge is -2.07. The standard InChI is InChI=1S/C17H14B2N2/c18-19-12-7-9-13(10-8-12)21-16-6-2-1-4-14(16)15-5-3-11-20-17(15)21/h1-11,19H,18H2. The van der Waals surface area contributed by atoms with Crippen LogP contribution in [0, 0.1) is 0 Å². The zero-order valence-electron chi connectivity index (χ0n) is 12.0. The molecule has 0 spiro atoms. The first-order valence-electron chi connectivity index (χ1n) is 7.32. The minimum Gasteiger partial charge on any atom is -0.294 e. The van der Waals surface area contributed by atoms with E-state index < -0.39 is 0 Å². The van der Waals surface area contributed by atoms with Crippen LogP contribution >= 0.6 is 0 Å². The lowest BCUT2D eigenvalue weighted by Crippen LogP contribution is -2.13. The highest BCUT2D eigenvalue weighted by Gasteiger charge is 2.11. The summed E-state index contributed by atoms with van der Waals surface area (Å²) in [5.41, 5.74) is 4.74. The summed E-state index contributed by atoms with van der Waals surface area (Å²) >= 11 is 0. The smallest absolute Gasteiger partial charge is 0.145 e. The number of benzene rings is 2. The molecule has 2 nitrogen and oxygen atoms in total. The maximum atomic E-state index is 4.60. The SMILES string of the molecule is BBc1ccc(-n2c3ccccc3c3cccnc32)cc1. The van der Waals surface area contributed by atoms with Gasteiger partial charge in [0.15, 0.2) is 0 Å². The van der Waals surface area contributed by atoms with Gasteiger partial charge in [-0.3, -0.25) is 4.57 Å². The second-order valence-corrected chi connectivity index (χ2v) is 5.25. The van der Waals surface area contributed by atoms with Crippen molar-refractivity contribution in [3.63, 3.8) is 0 Å². The molecule has 2 heterocycles. The van der Waals surface area contributed by atoms with Crippen LogP contribution in [-0.2, 0) is 0 Å². The van der Waals surface area contributed by atoms with Gasteiger partial charge in [0, 0.05) is 22.7 Å². The third-order valence-electron chi connectivity index (χ3n) is 4.04. The van der Waals surface area contributed by atoms with E-state index in [9.17, 15) is 0 Å². The van der Waals surface area contributed by atoms with Crippen molar-refractivity contribution in [3.8, 4) is 5.69 Å². The fourth-order valence-electron chi connectivity index (χ4n) is 2.94. The highest BCUT2D eigenvalue weighted by Crippen LogP contribution is 2.29.